The van der Waals surface area contributed by atoms with Crippen LogP contribution in [0.15, 0.2) is 42.5 Å². The van der Waals surface area contributed by atoms with Crippen LogP contribution in [0.5, 0.6) is 0 Å². The predicted octanol–water partition coefficient (Wildman–Crippen LogP) is 4.47. The molecule has 1 aliphatic heterocycles. The van der Waals surface area contributed by atoms with E-state index in [-0.39, 0.29) is 5.78 Å². The standard InChI is InChI=1S/C18H16F3NO/c1-12(23)16-7-6-15(18(19,20)21)10-17(16)22-9-8-13-4-2-3-5-14(13)11-22/h2-7,10H,8-9,11H2,1H3. The summed E-state index contributed by atoms with van der Waals surface area (Å²) >= 11 is 0. The average Bonchev–Trinajstić information content (AvgIpc) is 2.53. The Morgan fingerprint density at radius 3 is 2.43 bits per heavy atom. The van der Waals surface area contributed by atoms with Crippen molar-refractivity contribution in [3.8, 4) is 0 Å². The number of benzene rings is 2. The zero-order chi connectivity index (χ0) is 16.6. The topological polar surface area (TPSA) is 20.3 Å². The van der Waals surface area contributed by atoms with Gasteiger partial charge in [-0.3, -0.25) is 4.79 Å². The molecule has 2 aromatic rings. The molecule has 0 N–H and O–H groups in total. The number of anilines is 1. The number of carbonyl (C=O) groups is 1. The van der Waals surface area contributed by atoms with Gasteiger partial charge >= 0.3 is 6.18 Å². The fraction of sp³-hybridized carbons (Fsp3) is 0.278. The minimum atomic E-state index is -4.42. The van der Waals surface area contributed by atoms with Gasteiger partial charge in [0, 0.05) is 24.3 Å². The van der Waals surface area contributed by atoms with Crippen molar-refractivity contribution in [2.24, 2.45) is 0 Å². The third kappa shape index (κ3) is 3.09. The van der Waals surface area contributed by atoms with E-state index in [4.69, 9.17) is 0 Å². The summed E-state index contributed by atoms with van der Waals surface area (Å²) in [7, 11) is 0. The Hall–Kier alpha value is -2.30. The quantitative estimate of drug-likeness (QED) is 0.761. The predicted molar refractivity (Wildman–Crippen MR) is 82.6 cm³/mol. The molecule has 2 nitrogen and oxygen atoms in total. The van der Waals surface area contributed by atoms with Crippen LogP contribution in [-0.4, -0.2) is 12.3 Å². The van der Waals surface area contributed by atoms with Crippen molar-refractivity contribution in [3.05, 3.63) is 64.7 Å². The summed E-state index contributed by atoms with van der Waals surface area (Å²) in [6.45, 7) is 2.49. The van der Waals surface area contributed by atoms with Crippen LogP contribution in [0.25, 0.3) is 0 Å². The number of alkyl halides is 3. The lowest BCUT2D eigenvalue weighted by molar-refractivity contribution is -0.137. The molecule has 0 spiro atoms. The molecule has 1 heterocycles. The SMILES string of the molecule is CC(=O)c1ccc(C(F)(F)F)cc1N1CCc2ccccc2C1. The highest BCUT2D eigenvalue weighted by Crippen LogP contribution is 2.35. The first-order valence-corrected chi connectivity index (χ1v) is 7.40. The van der Waals surface area contributed by atoms with Crippen LogP contribution in [0.2, 0.25) is 0 Å². The maximum absolute atomic E-state index is 13.0. The van der Waals surface area contributed by atoms with E-state index in [0.717, 1.165) is 24.1 Å². The molecule has 23 heavy (non-hydrogen) atoms. The molecule has 0 atom stereocenters. The van der Waals surface area contributed by atoms with Gasteiger partial charge in [0.05, 0.1) is 5.56 Å². The molecule has 1 aliphatic rings. The van der Waals surface area contributed by atoms with E-state index in [0.29, 0.717) is 24.3 Å². The molecule has 0 saturated carbocycles. The average molecular weight is 319 g/mol. The van der Waals surface area contributed by atoms with Crippen LogP contribution >= 0.6 is 0 Å². The molecular weight excluding hydrogens is 303 g/mol. The number of carbonyl (C=O) groups excluding carboxylic acids is 1. The molecular formula is C18H16F3NO. The Morgan fingerprint density at radius 1 is 1.09 bits per heavy atom. The molecule has 0 saturated heterocycles. The van der Waals surface area contributed by atoms with Gasteiger partial charge in [-0.2, -0.15) is 13.2 Å². The summed E-state index contributed by atoms with van der Waals surface area (Å²) < 4.78 is 39.0. The molecule has 0 aliphatic carbocycles. The Labute approximate surface area is 132 Å². The fourth-order valence-corrected chi connectivity index (χ4v) is 2.97. The second kappa shape index (κ2) is 5.72. The van der Waals surface area contributed by atoms with Gasteiger partial charge in [-0.25, -0.2) is 0 Å². The summed E-state index contributed by atoms with van der Waals surface area (Å²) in [6.07, 6.45) is -3.67. The lowest BCUT2D eigenvalue weighted by Crippen LogP contribution is -2.31. The molecule has 0 amide bonds. The van der Waals surface area contributed by atoms with Crippen molar-refractivity contribution in [2.75, 3.05) is 11.4 Å². The fourth-order valence-electron chi connectivity index (χ4n) is 2.97. The van der Waals surface area contributed by atoms with E-state index >= 15 is 0 Å². The van der Waals surface area contributed by atoms with E-state index in [2.05, 4.69) is 0 Å². The number of nitrogens with zero attached hydrogens (tertiary/aromatic N) is 1. The molecule has 0 unspecified atom stereocenters. The molecule has 0 fully saturated rings. The number of fused-ring (bicyclic) bond motifs is 1. The molecule has 3 rings (SSSR count). The third-order valence-electron chi connectivity index (χ3n) is 4.18. The van der Waals surface area contributed by atoms with Crippen LogP contribution in [-0.2, 0) is 19.1 Å². The Morgan fingerprint density at radius 2 is 1.78 bits per heavy atom. The first kappa shape index (κ1) is 15.6. The van der Waals surface area contributed by atoms with Gasteiger partial charge in [-0.15, -0.1) is 0 Å². The minimum Gasteiger partial charge on any atom is -0.366 e. The van der Waals surface area contributed by atoms with Gasteiger partial charge < -0.3 is 4.90 Å². The Kier molecular flexibility index (Phi) is 3.88. The maximum Gasteiger partial charge on any atom is 0.416 e. The Bertz CT molecular complexity index is 752. The van der Waals surface area contributed by atoms with E-state index in [1.807, 2.05) is 29.2 Å². The summed E-state index contributed by atoms with van der Waals surface area (Å²) in [5.41, 5.74) is 2.27. The first-order chi connectivity index (χ1) is 10.9. The minimum absolute atomic E-state index is 0.229. The van der Waals surface area contributed by atoms with Crippen molar-refractivity contribution in [1.29, 1.82) is 0 Å². The lowest BCUT2D eigenvalue weighted by atomic mass is 9.97. The van der Waals surface area contributed by atoms with E-state index in [9.17, 15) is 18.0 Å². The van der Waals surface area contributed by atoms with Gasteiger partial charge in [-0.1, -0.05) is 24.3 Å². The van der Waals surface area contributed by atoms with Gasteiger partial charge in [0.1, 0.15) is 0 Å². The van der Waals surface area contributed by atoms with Crippen LogP contribution < -0.4 is 4.90 Å². The van der Waals surface area contributed by atoms with Crippen molar-refractivity contribution < 1.29 is 18.0 Å². The maximum atomic E-state index is 13.0. The molecule has 0 radical (unpaired) electrons. The highest BCUT2D eigenvalue weighted by molar-refractivity contribution is 6.00. The van der Waals surface area contributed by atoms with Crippen LogP contribution in [0.3, 0.4) is 0 Å². The highest BCUT2D eigenvalue weighted by Gasteiger charge is 2.32. The van der Waals surface area contributed by atoms with Crippen molar-refractivity contribution in [2.45, 2.75) is 26.1 Å². The molecule has 2 aromatic carbocycles. The summed E-state index contributed by atoms with van der Waals surface area (Å²) in [5, 5.41) is 0. The van der Waals surface area contributed by atoms with E-state index < -0.39 is 11.7 Å². The van der Waals surface area contributed by atoms with Crippen LogP contribution in [0.4, 0.5) is 18.9 Å². The number of hydrogen-bond donors (Lipinski definition) is 0. The van der Waals surface area contributed by atoms with Gasteiger partial charge in [0.25, 0.3) is 0 Å². The molecule has 5 heteroatoms. The number of hydrogen-bond acceptors (Lipinski definition) is 2. The number of ketones is 1. The monoisotopic (exact) mass is 319 g/mol. The van der Waals surface area contributed by atoms with Gasteiger partial charge in [-0.05, 0) is 42.7 Å². The van der Waals surface area contributed by atoms with Crippen LogP contribution in [0, 0.1) is 0 Å². The number of halogens is 3. The normalized spacial score (nSPS) is 14.5. The zero-order valence-corrected chi connectivity index (χ0v) is 12.7. The van der Waals surface area contributed by atoms with Crippen molar-refractivity contribution in [1.82, 2.24) is 0 Å². The van der Waals surface area contributed by atoms with Gasteiger partial charge in [0.2, 0.25) is 0 Å². The lowest BCUT2D eigenvalue weighted by Gasteiger charge is -2.32. The smallest absolute Gasteiger partial charge is 0.366 e. The number of Topliss-reactive ketones (excluding diaryl/α,β-unsaturated/α-hetero) is 1. The largest absolute Gasteiger partial charge is 0.416 e. The van der Waals surface area contributed by atoms with E-state index in [1.165, 1.54) is 18.6 Å². The van der Waals surface area contributed by atoms with Crippen molar-refractivity contribution in [3.63, 3.8) is 0 Å². The third-order valence-corrected chi connectivity index (χ3v) is 4.18. The molecule has 0 aromatic heterocycles. The molecule has 0 bridgehead atoms. The second-order valence-electron chi connectivity index (χ2n) is 5.73. The summed E-state index contributed by atoms with van der Waals surface area (Å²) in [5.74, 6) is -0.229. The molecule has 120 valence electrons. The summed E-state index contributed by atoms with van der Waals surface area (Å²) in [6, 6.07) is 11.2. The van der Waals surface area contributed by atoms with E-state index in [1.54, 1.807) is 0 Å². The Balaban J connectivity index is 2.03. The number of rotatable bonds is 2. The van der Waals surface area contributed by atoms with Crippen LogP contribution in [0.1, 0.15) is 34.0 Å². The van der Waals surface area contributed by atoms with Gasteiger partial charge in [0.15, 0.2) is 5.78 Å². The summed E-state index contributed by atoms with van der Waals surface area (Å²) in [4.78, 5) is 13.7. The second-order valence-corrected chi connectivity index (χ2v) is 5.73. The van der Waals surface area contributed by atoms with Crippen molar-refractivity contribution >= 4 is 11.5 Å². The zero-order valence-electron chi connectivity index (χ0n) is 12.7. The first-order valence-electron chi connectivity index (χ1n) is 7.40. The highest BCUT2D eigenvalue weighted by atomic mass is 19.4.